The highest BCUT2D eigenvalue weighted by Crippen LogP contribution is 2.30. The number of nitrogens with two attached hydrogens (primary N) is 1. The maximum atomic E-state index is 12.4. The lowest BCUT2D eigenvalue weighted by atomic mass is 10.2. The number of aromatic nitrogens is 2. The summed E-state index contributed by atoms with van der Waals surface area (Å²) in [6.45, 7) is 2.12. The van der Waals surface area contributed by atoms with Gasteiger partial charge in [0.25, 0.3) is 5.56 Å². The Morgan fingerprint density at radius 2 is 1.93 bits per heavy atom. The topological polar surface area (TPSA) is 143 Å². The smallest absolute Gasteiger partial charge is 0.338 e. The van der Waals surface area contributed by atoms with E-state index in [-0.39, 0.29) is 17.9 Å². The Hall–Kier alpha value is -3.56. The summed E-state index contributed by atoms with van der Waals surface area (Å²) in [5.74, 6) is -0.927. The standard InChI is InChI=1S/C18H19N3O7/c1-2-5-21-15(19)14(16(23)20-18(21)25)11(22)9-28-17(24)10-3-4-12-13(8-10)27-7-6-26-12/h3-4,8H,2,5-7,9,19H2,1H3,(H,20,23,25). The highest BCUT2D eigenvalue weighted by molar-refractivity contribution is 6.02. The molecule has 0 spiro atoms. The quantitative estimate of drug-likeness (QED) is 0.532. The molecule has 0 saturated heterocycles. The van der Waals surface area contributed by atoms with Crippen molar-refractivity contribution in [3.63, 3.8) is 0 Å². The fourth-order valence-electron chi connectivity index (χ4n) is 2.76. The number of nitrogens with zero attached hydrogens (tertiary/aromatic N) is 1. The number of H-pyrrole nitrogens is 1. The molecular weight excluding hydrogens is 370 g/mol. The average Bonchev–Trinajstić information content (AvgIpc) is 2.68. The van der Waals surface area contributed by atoms with E-state index in [4.69, 9.17) is 19.9 Å². The van der Waals surface area contributed by atoms with E-state index < -0.39 is 35.2 Å². The van der Waals surface area contributed by atoms with Gasteiger partial charge >= 0.3 is 11.7 Å². The first-order valence-corrected chi connectivity index (χ1v) is 8.65. The Morgan fingerprint density at radius 1 is 1.21 bits per heavy atom. The first-order valence-electron chi connectivity index (χ1n) is 8.65. The van der Waals surface area contributed by atoms with E-state index in [0.29, 0.717) is 31.1 Å². The third kappa shape index (κ3) is 3.75. The van der Waals surface area contributed by atoms with Gasteiger partial charge in [-0.1, -0.05) is 6.92 Å². The number of anilines is 1. The Balaban J connectivity index is 1.75. The van der Waals surface area contributed by atoms with Gasteiger partial charge in [-0.15, -0.1) is 0 Å². The average molecular weight is 389 g/mol. The van der Waals surface area contributed by atoms with Crippen LogP contribution in [0.5, 0.6) is 11.5 Å². The van der Waals surface area contributed by atoms with Crippen LogP contribution in [0, 0.1) is 0 Å². The number of hydrogen-bond donors (Lipinski definition) is 2. The van der Waals surface area contributed by atoms with Crippen molar-refractivity contribution >= 4 is 17.6 Å². The van der Waals surface area contributed by atoms with Gasteiger partial charge in [0, 0.05) is 6.54 Å². The number of carbonyl (C=O) groups is 2. The molecule has 0 fully saturated rings. The second-order valence-corrected chi connectivity index (χ2v) is 6.03. The Labute approximate surface area is 158 Å². The highest BCUT2D eigenvalue weighted by atomic mass is 16.6. The lowest BCUT2D eigenvalue weighted by Crippen LogP contribution is -2.37. The first kappa shape index (κ1) is 19.2. The van der Waals surface area contributed by atoms with Crippen LogP contribution in [0.1, 0.15) is 34.1 Å². The molecule has 1 aromatic carbocycles. The lowest BCUT2D eigenvalue weighted by Gasteiger charge is -2.18. The van der Waals surface area contributed by atoms with Gasteiger partial charge in [0.2, 0.25) is 5.78 Å². The highest BCUT2D eigenvalue weighted by Gasteiger charge is 2.22. The molecule has 10 heteroatoms. The first-order chi connectivity index (χ1) is 13.4. The molecule has 3 N–H and O–H groups in total. The minimum Gasteiger partial charge on any atom is -0.486 e. The molecule has 0 bridgehead atoms. The summed E-state index contributed by atoms with van der Waals surface area (Å²) < 4.78 is 16.9. The third-order valence-corrected chi connectivity index (χ3v) is 4.08. The second-order valence-electron chi connectivity index (χ2n) is 6.03. The summed E-state index contributed by atoms with van der Waals surface area (Å²) in [5.41, 5.74) is 3.94. The second kappa shape index (κ2) is 7.99. The molecule has 0 amide bonds. The van der Waals surface area contributed by atoms with Crippen LogP contribution >= 0.6 is 0 Å². The molecule has 3 rings (SSSR count). The minimum absolute atomic E-state index is 0.162. The van der Waals surface area contributed by atoms with Crippen molar-refractivity contribution < 1.29 is 23.8 Å². The van der Waals surface area contributed by atoms with Gasteiger partial charge in [0.15, 0.2) is 18.1 Å². The summed E-state index contributed by atoms with van der Waals surface area (Å²) in [6, 6.07) is 4.49. The van der Waals surface area contributed by atoms with Crippen molar-refractivity contribution in [1.82, 2.24) is 9.55 Å². The van der Waals surface area contributed by atoms with Crippen LogP contribution in [0.25, 0.3) is 0 Å². The summed E-state index contributed by atoms with van der Waals surface area (Å²) in [4.78, 5) is 50.4. The number of nitrogens with one attached hydrogen (secondary N) is 1. The Bertz CT molecular complexity index is 1040. The zero-order valence-corrected chi connectivity index (χ0v) is 15.1. The molecule has 0 atom stereocenters. The molecule has 2 heterocycles. The SMILES string of the molecule is CCCn1c(N)c(C(=O)COC(=O)c2ccc3c(c2)OCCO3)c(=O)[nH]c1=O. The number of carbonyl (C=O) groups excluding carboxylic acids is 2. The molecule has 2 aromatic rings. The molecule has 10 nitrogen and oxygen atoms in total. The van der Waals surface area contributed by atoms with Gasteiger partial charge in [-0.05, 0) is 24.6 Å². The van der Waals surface area contributed by atoms with E-state index in [2.05, 4.69) is 0 Å². The number of hydrogen-bond acceptors (Lipinski definition) is 8. The van der Waals surface area contributed by atoms with E-state index in [1.807, 2.05) is 11.9 Å². The van der Waals surface area contributed by atoms with Crippen molar-refractivity contribution in [3.05, 3.63) is 50.2 Å². The number of benzene rings is 1. The van der Waals surface area contributed by atoms with E-state index >= 15 is 0 Å². The molecule has 1 aromatic heterocycles. The molecule has 1 aliphatic rings. The van der Waals surface area contributed by atoms with Gasteiger partial charge in [-0.3, -0.25) is 19.1 Å². The number of fused-ring (bicyclic) bond motifs is 1. The van der Waals surface area contributed by atoms with E-state index in [1.54, 1.807) is 6.07 Å². The fourth-order valence-corrected chi connectivity index (χ4v) is 2.76. The van der Waals surface area contributed by atoms with Gasteiger partial charge in [-0.2, -0.15) is 0 Å². The largest absolute Gasteiger partial charge is 0.486 e. The van der Waals surface area contributed by atoms with Crippen LogP contribution in [0.3, 0.4) is 0 Å². The number of nitrogen functional groups attached to an aromatic ring is 1. The molecule has 0 unspecified atom stereocenters. The molecule has 148 valence electrons. The lowest BCUT2D eigenvalue weighted by molar-refractivity contribution is 0.0473. The van der Waals surface area contributed by atoms with Crippen molar-refractivity contribution in [2.24, 2.45) is 0 Å². The normalized spacial score (nSPS) is 12.5. The number of ketones is 1. The predicted octanol–water partition coefficient (Wildman–Crippen LogP) is 0.340. The Morgan fingerprint density at radius 3 is 2.64 bits per heavy atom. The summed E-state index contributed by atoms with van der Waals surface area (Å²) >= 11 is 0. The molecule has 1 aliphatic heterocycles. The van der Waals surface area contributed by atoms with E-state index in [0.717, 1.165) is 4.57 Å². The predicted molar refractivity (Wildman–Crippen MR) is 98.1 cm³/mol. The molecule has 0 aliphatic carbocycles. The van der Waals surface area contributed by atoms with Crippen LogP contribution in [0.15, 0.2) is 27.8 Å². The van der Waals surface area contributed by atoms with Crippen LogP contribution < -0.4 is 26.5 Å². The van der Waals surface area contributed by atoms with Gasteiger partial charge in [0.05, 0.1) is 5.56 Å². The summed E-state index contributed by atoms with van der Waals surface area (Å²) in [7, 11) is 0. The number of Topliss-reactive ketones (excluding diaryl/α,β-unsaturated/α-hetero) is 1. The van der Waals surface area contributed by atoms with Crippen LogP contribution in [0.4, 0.5) is 5.82 Å². The van der Waals surface area contributed by atoms with Crippen molar-refractivity contribution in [2.75, 3.05) is 25.6 Å². The monoisotopic (exact) mass is 389 g/mol. The summed E-state index contributed by atoms with van der Waals surface area (Å²) in [5, 5.41) is 0. The van der Waals surface area contributed by atoms with Crippen molar-refractivity contribution in [2.45, 2.75) is 19.9 Å². The van der Waals surface area contributed by atoms with Gasteiger partial charge in [0.1, 0.15) is 24.6 Å². The molecule has 0 radical (unpaired) electrons. The van der Waals surface area contributed by atoms with E-state index in [9.17, 15) is 19.2 Å². The summed E-state index contributed by atoms with van der Waals surface area (Å²) in [6.07, 6.45) is 0.572. The van der Waals surface area contributed by atoms with Crippen LogP contribution in [-0.4, -0.2) is 41.1 Å². The van der Waals surface area contributed by atoms with Gasteiger partial charge < -0.3 is 19.9 Å². The van der Waals surface area contributed by atoms with Crippen LogP contribution in [-0.2, 0) is 11.3 Å². The van der Waals surface area contributed by atoms with Crippen LogP contribution in [0.2, 0.25) is 0 Å². The van der Waals surface area contributed by atoms with Crippen molar-refractivity contribution in [3.8, 4) is 11.5 Å². The number of esters is 1. The number of aromatic amines is 1. The Kier molecular flexibility index (Phi) is 5.48. The molecular formula is C18H19N3O7. The fraction of sp³-hybridized carbons (Fsp3) is 0.333. The van der Waals surface area contributed by atoms with Crippen molar-refractivity contribution in [1.29, 1.82) is 0 Å². The third-order valence-electron chi connectivity index (χ3n) is 4.08. The molecule has 28 heavy (non-hydrogen) atoms. The molecule has 0 saturated carbocycles. The van der Waals surface area contributed by atoms with Gasteiger partial charge in [-0.25, -0.2) is 9.59 Å². The van der Waals surface area contributed by atoms with E-state index in [1.165, 1.54) is 12.1 Å². The zero-order valence-electron chi connectivity index (χ0n) is 15.1. The minimum atomic E-state index is -0.921. The number of rotatable bonds is 6. The maximum absolute atomic E-state index is 12.4. The maximum Gasteiger partial charge on any atom is 0.338 e. The zero-order chi connectivity index (χ0) is 20.3. The number of ether oxygens (including phenoxy) is 3.